The minimum Gasteiger partial charge on any atom is -0.444 e. The topological polar surface area (TPSA) is 49.8 Å². The summed E-state index contributed by atoms with van der Waals surface area (Å²) >= 11 is 0. The summed E-state index contributed by atoms with van der Waals surface area (Å²) in [6.07, 6.45) is 3.52. The van der Waals surface area contributed by atoms with Crippen molar-refractivity contribution in [2.45, 2.75) is 38.7 Å². The van der Waals surface area contributed by atoms with E-state index in [-0.39, 0.29) is 18.8 Å². The molecule has 0 saturated carbocycles. The lowest BCUT2D eigenvalue weighted by molar-refractivity contribution is -0.00122. The third kappa shape index (κ3) is 3.18. The SMILES string of the molecule is CCCCCN1CCC(CO)OC1=O. The lowest BCUT2D eigenvalue weighted by atomic mass is 10.2. The Morgan fingerprint density at radius 3 is 2.93 bits per heavy atom. The first-order valence-corrected chi connectivity index (χ1v) is 5.34. The van der Waals surface area contributed by atoms with E-state index in [1.54, 1.807) is 4.90 Å². The van der Waals surface area contributed by atoms with Crippen LogP contribution in [0.25, 0.3) is 0 Å². The summed E-state index contributed by atoms with van der Waals surface area (Å²) in [4.78, 5) is 13.1. The minimum atomic E-state index is -0.287. The normalized spacial score (nSPS) is 22.3. The van der Waals surface area contributed by atoms with Crippen molar-refractivity contribution in [3.05, 3.63) is 0 Å². The Labute approximate surface area is 84.8 Å². The van der Waals surface area contributed by atoms with Gasteiger partial charge in [-0.25, -0.2) is 4.79 Å². The second kappa shape index (κ2) is 5.86. The van der Waals surface area contributed by atoms with Gasteiger partial charge in [0.15, 0.2) is 0 Å². The predicted molar refractivity (Wildman–Crippen MR) is 53.1 cm³/mol. The van der Waals surface area contributed by atoms with Gasteiger partial charge >= 0.3 is 6.09 Å². The molecule has 14 heavy (non-hydrogen) atoms. The van der Waals surface area contributed by atoms with E-state index >= 15 is 0 Å². The fourth-order valence-corrected chi connectivity index (χ4v) is 1.55. The molecule has 82 valence electrons. The Morgan fingerprint density at radius 1 is 1.57 bits per heavy atom. The summed E-state index contributed by atoms with van der Waals surface area (Å²) in [5.41, 5.74) is 0. The standard InChI is InChI=1S/C10H19NO3/c1-2-3-4-6-11-7-5-9(8-12)14-10(11)13/h9,12H,2-8H2,1H3. The van der Waals surface area contributed by atoms with Gasteiger partial charge in [-0.3, -0.25) is 0 Å². The molecule has 1 amide bonds. The van der Waals surface area contributed by atoms with E-state index in [1.807, 2.05) is 0 Å². The molecular formula is C10H19NO3. The maximum absolute atomic E-state index is 11.4. The summed E-state index contributed by atoms with van der Waals surface area (Å²) in [6, 6.07) is 0. The van der Waals surface area contributed by atoms with E-state index < -0.39 is 0 Å². The quantitative estimate of drug-likeness (QED) is 0.684. The highest BCUT2D eigenvalue weighted by Gasteiger charge is 2.25. The summed E-state index contributed by atoms with van der Waals surface area (Å²) in [6.45, 7) is 3.57. The molecule has 1 N–H and O–H groups in total. The molecule has 0 aromatic carbocycles. The van der Waals surface area contributed by atoms with E-state index in [4.69, 9.17) is 9.84 Å². The van der Waals surface area contributed by atoms with E-state index in [1.165, 1.54) is 0 Å². The van der Waals surface area contributed by atoms with Crippen molar-refractivity contribution in [2.75, 3.05) is 19.7 Å². The van der Waals surface area contributed by atoms with Crippen LogP contribution in [0.15, 0.2) is 0 Å². The molecular weight excluding hydrogens is 182 g/mol. The van der Waals surface area contributed by atoms with E-state index in [0.717, 1.165) is 32.2 Å². The lowest BCUT2D eigenvalue weighted by Gasteiger charge is -2.30. The molecule has 1 fully saturated rings. The van der Waals surface area contributed by atoms with Gasteiger partial charge in [-0.2, -0.15) is 0 Å². The zero-order valence-corrected chi connectivity index (χ0v) is 8.74. The van der Waals surface area contributed by atoms with Crippen LogP contribution >= 0.6 is 0 Å². The number of carbonyl (C=O) groups is 1. The number of aliphatic hydroxyl groups excluding tert-OH is 1. The van der Waals surface area contributed by atoms with E-state index in [0.29, 0.717) is 6.54 Å². The van der Waals surface area contributed by atoms with Crippen LogP contribution in [-0.2, 0) is 4.74 Å². The van der Waals surface area contributed by atoms with Gasteiger partial charge in [0.25, 0.3) is 0 Å². The van der Waals surface area contributed by atoms with Gasteiger partial charge in [-0.05, 0) is 6.42 Å². The monoisotopic (exact) mass is 201 g/mol. The van der Waals surface area contributed by atoms with Crippen molar-refractivity contribution in [3.63, 3.8) is 0 Å². The first-order chi connectivity index (χ1) is 6.77. The molecule has 0 bridgehead atoms. The smallest absolute Gasteiger partial charge is 0.410 e. The summed E-state index contributed by atoms with van der Waals surface area (Å²) in [7, 11) is 0. The molecule has 1 atom stereocenters. The van der Waals surface area contributed by atoms with Crippen molar-refractivity contribution in [1.82, 2.24) is 4.90 Å². The van der Waals surface area contributed by atoms with Crippen LogP contribution in [0.1, 0.15) is 32.6 Å². The van der Waals surface area contributed by atoms with Crippen LogP contribution in [0.2, 0.25) is 0 Å². The molecule has 0 aliphatic carbocycles. The first-order valence-electron chi connectivity index (χ1n) is 5.34. The Morgan fingerprint density at radius 2 is 2.36 bits per heavy atom. The van der Waals surface area contributed by atoms with E-state index in [2.05, 4.69) is 6.92 Å². The fourth-order valence-electron chi connectivity index (χ4n) is 1.55. The number of amides is 1. The second-order valence-electron chi connectivity index (χ2n) is 3.67. The molecule has 0 aromatic rings. The van der Waals surface area contributed by atoms with Crippen molar-refractivity contribution in [3.8, 4) is 0 Å². The number of nitrogens with zero attached hydrogens (tertiary/aromatic N) is 1. The zero-order valence-electron chi connectivity index (χ0n) is 8.74. The number of unbranched alkanes of at least 4 members (excludes halogenated alkanes) is 2. The molecule has 1 aliphatic heterocycles. The van der Waals surface area contributed by atoms with Crippen molar-refractivity contribution >= 4 is 6.09 Å². The minimum absolute atomic E-state index is 0.0610. The highest BCUT2D eigenvalue weighted by molar-refractivity contribution is 5.68. The maximum Gasteiger partial charge on any atom is 0.410 e. The highest BCUT2D eigenvalue weighted by Crippen LogP contribution is 2.12. The van der Waals surface area contributed by atoms with Crippen molar-refractivity contribution in [1.29, 1.82) is 0 Å². The zero-order chi connectivity index (χ0) is 10.4. The van der Waals surface area contributed by atoms with Gasteiger partial charge in [-0.15, -0.1) is 0 Å². The van der Waals surface area contributed by atoms with Gasteiger partial charge in [-0.1, -0.05) is 19.8 Å². The number of rotatable bonds is 5. The third-order valence-electron chi connectivity index (χ3n) is 2.48. The van der Waals surface area contributed by atoms with Gasteiger partial charge in [0.1, 0.15) is 6.10 Å². The van der Waals surface area contributed by atoms with Crippen LogP contribution in [0, 0.1) is 0 Å². The molecule has 4 nitrogen and oxygen atoms in total. The number of ether oxygens (including phenoxy) is 1. The Kier molecular flexibility index (Phi) is 4.73. The maximum atomic E-state index is 11.4. The molecule has 1 rings (SSSR count). The Balaban J connectivity index is 2.24. The average molecular weight is 201 g/mol. The summed E-state index contributed by atoms with van der Waals surface area (Å²) in [5.74, 6) is 0. The van der Waals surface area contributed by atoms with E-state index in [9.17, 15) is 4.79 Å². The predicted octanol–water partition coefficient (Wildman–Crippen LogP) is 1.38. The number of aliphatic hydroxyl groups is 1. The Bertz CT molecular complexity index is 182. The molecule has 0 radical (unpaired) electrons. The van der Waals surface area contributed by atoms with Gasteiger partial charge in [0.2, 0.25) is 0 Å². The number of hydrogen-bond donors (Lipinski definition) is 1. The van der Waals surface area contributed by atoms with Crippen LogP contribution < -0.4 is 0 Å². The van der Waals surface area contributed by atoms with Crippen LogP contribution in [0.3, 0.4) is 0 Å². The number of cyclic esters (lactones) is 1. The van der Waals surface area contributed by atoms with Gasteiger partial charge in [0.05, 0.1) is 6.61 Å². The molecule has 0 aromatic heterocycles. The molecule has 0 spiro atoms. The van der Waals surface area contributed by atoms with Crippen LogP contribution in [0.4, 0.5) is 4.79 Å². The van der Waals surface area contributed by atoms with Crippen molar-refractivity contribution < 1.29 is 14.6 Å². The first kappa shape index (κ1) is 11.3. The largest absolute Gasteiger partial charge is 0.444 e. The number of carbonyl (C=O) groups excluding carboxylic acids is 1. The van der Waals surface area contributed by atoms with Gasteiger partial charge in [0, 0.05) is 19.5 Å². The average Bonchev–Trinajstić information content (AvgIpc) is 2.20. The highest BCUT2D eigenvalue weighted by atomic mass is 16.6. The summed E-state index contributed by atoms with van der Waals surface area (Å²) in [5, 5.41) is 8.81. The second-order valence-corrected chi connectivity index (χ2v) is 3.67. The van der Waals surface area contributed by atoms with Crippen LogP contribution in [0.5, 0.6) is 0 Å². The van der Waals surface area contributed by atoms with Gasteiger partial charge < -0.3 is 14.7 Å². The van der Waals surface area contributed by atoms with Crippen molar-refractivity contribution in [2.24, 2.45) is 0 Å². The number of hydrogen-bond acceptors (Lipinski definition) is 3. The Hall–Kier alpha value is -0.770. The molecule has 1 saturated heterocycles. The lowest BCUT2D eigenvalue weighted by Crippen LogP contribution is -2.43. The fraction of sp³-hybridized carbons (Fsp3) is 0.900. The summed E-state index contributed by atoms with van der Waals surface area (Å²) < 4.78 is 5.02. The van der Waals surface area contributed by atoms with Crippen LogP contribution in [-0.4, -0.2) is 41.9 Å². The molecule has 1 heterocycles. The molecule has 4 heteroatoms. The third-order valence-corrected chi connectivity index (χ3v) is 2.48. The molecule has 1 aliphatic rings. The molecule has 1 unspecified atom stereocenters.